The third-order valence-electron chi connectivity index (χ3n) is 3.31. The van der Waals surface area contributed by atoms with Crippen LogP contribution in [-0.2, 0) is 11.5 Å². The lowest BCUT2D eigenvalue weighted by atomic mass is 10.1. The van der Waals surface area contributed by atoms with Gasteiger partial charge in [-0.05, 0) is 12.1 Å². The van der Waals surface area contributed by atoms with E-state index in [0.29, 0.717) is 18.0 Å². The fraction of sp³-hybridized carbons (Fsp3) is 0.467. The smallest absolute Gasteiger partial charge is 0.152 e. The lowest BCUT2D eigenvalue weighted by molar-refractivity contribution is 0.0815. The fourth-order valence-corrected chi connectivity index (χ4v) is 2.83. The van der Waals surface area contributed by atoms with Crippen molar-refractivity contribution in [2.45, 2.75) is 32.4 Å². The number of methoxy groups -OCH3 is 1. The molecular formula is C15H22N2O3Si-. The van der Waals surface area contributed by atoms with Gasteiger partial charge in [-0.15, -0.1) is 14.1 Å². The molecule has 1 aromatic heterocycles. The quantitative estimate of drug-likeness (QED) is 0.448. The van der Waals surface area contributed by atoms with E-state index in [9.17, 15) is 4.79 Å². The number of carbonyl (C=O) groups excluding carboxylic acids is 1. The second-order valence-corrected chi connectivity index (χ2v) is 11.9. The molecule has 0 aliphatic rings. The molecule has 1 heterocycles. The average molecular weight is 306 g/mol. The highest BCUT2D eigenvalue weighted by atomic mass is 28.3. The van der Waals surface area contributed by atoms with Gasteiger partial charge in [0.15, 0.2) is 6.29 Å². The third-order valence-corrected chi connectivity index (χ3v) is 5.01. The van der Waals surface area contributed by atoms with Crippen LogP contribution in [0.5, 0.6) is 5.75 Å². The number of nitrogens with zero attached hydrogens (tertiary/aromatic N) is 2. The Hall–Kier alpha value is -1.66. The largest absolute Gasteiger partial charge is 0.497 e. The Balaban J connectivity index is 2.16. The van der Waals surface area contributed by atoms with Crippen molar-refractivity contribution in [3.8, 4) is 5.75 Å². The van der Waals surface area contributed by atoms with Gasteiger partial charge in [-0.25, -0.2) is 4.68 Å². The lowest BCUT2D eigenvalue weighted by Crippen LogP contribution is -2.22. The first-order chi connectivity index (χ1) is 9.94. The van der Waals surface area contributed by atoms with Crippen LogP contribution >= 0.6 is 0 Å². The van der Waals surface area contributed by atoms with E-state index in [2.05, 4.69) is 24.7 Å². The van der Waals surface area contributed by atoms with E-state index >= 15 is 0 Å². The number of benzene rings is 1. The summed E-state index contributed by atoms with van der Waals surface area (Å²) in [6.45, 7) is 8.04. The maximum atomic E-state index is 11.3. The molecule has 6 heteroatoms. The summed E-state index contributed by atoms with van der Waals surface area (Å²) in [5.41, 5.74) is 1.36. The zero-order chi connectivity index (χ0) is 15.5. The van der Waals surface area contributed by atoms with Crippen molar-refractivity contribution in [3.05, 3.63) is 23.9 Å². The fourth-order valence-electron chi connectivity index (χ4n) is 2.07. The van der Waals surface area contributed by atoms with Crippen molar-refractivity contribution < 1.29 is 14.3 Å². The third kappa shape index (κ3) is 3.92. The molecule has 115 valence electrons. The van der Waals surface area contributed by atoms with Gasteiger partial charge in [-0.3, -0.25) is 4.79 Å². The number of aldehydes is 1. The first-order valence-corrected chi connectivity index (χ1v) is 10.7. The molecule has 2 aromatic rings. The summed E-state index contributed by atoms with van der Waals surface area (Å²) in [6.07, 6.45) is 2.55. The maximum absolute atomic E-state index is 11.3. The van der Waals surface area contributed by atoms with Gasteiger partial charge in [-0.1, -0.05) is 0 Å². The van der Waals surface area contributed by atoms with E-state index in [-0.39, 0.29) is 0 Å². The van der Waals surface area contributed by atoms with Gasteiger partial charge in [0.1, 0.15) is 12.5 Å². The number of fused-ring (bicyclic) bond motifs is 1. The number of carbonyl (C=O) groups is 1. The minimum atomic E-state index is -1.09. The molecular weight excluding hydrogens is 284 g/mol. The zero-order valence-corrected chi connectivity index (χ0v) is 14.0. The predicted molar refractivity (Wildman–Crippen MR) is 85.8 cm³/mol. The standard InChI is InChI=1S/C15H22N2O3Si/c1-19-14-7-12-9-16-17(15(12)13(8-14)10-18)11-20-5-6-21(2,3)4/h7-10H,5-6,11H2,1-4H3/q-1. The first kappa shape index (κ1) is 15.7. The molecule has 0 spiro atoms. The highest BCUT2D eigenvalue weighted by Gasteiger charge is 2.10. The predicted octanol–water partition coefficient (Wildman–Crippen LogP) is 3.17. The van der Waals surface area contributed by atoms with E-state index in [1.165, 1.54) is 0 Å². The highest BCUT2D eigenvalue weighted by Crippen LogP contribution is 2.24. The number of aromatic nitrogens is 2. The first-order valence-electron chi connectivity index (χ1n) is 7.01. The van der Waals surface area contributed by atoms with E-state index in [1.54, 1.807) is 24.1 Å². The van der Waals surface area contributed by atoms with Crippen LogP contribution in [0.1, 0.15) is 10.4 Å². The molecule has 0 N–H and O–H groups in total. The van der Waals surface area contributed by atoms with Crippen LogP contribution in [0, 0.1) is 0 Å². The van der Waals surface area contributed by atoms with Crippen LogP contribution in [0.4, 0.5) is 0 Å². The van der Waals surface area contributed by atoms with Crippen LogP contribution < -0.4 is 4.74 Å². The number of hydrogen-bond acceptors (Lipinski definition) is 4. The van der Waals surface area contributed by atoms with Crippen molar-refractivity contribution in [2.24, 2.45) is 0 Å². The number of rotatable bonds is 7. The molecule has 0 atom stereocenters. The van der Waals surface area contributed by atoms with Gasteiger partial charge >= 0.3 is 0 Å². The molecule has 0 saturated heterocycles. The molecule has 5 nitrogen and oxygen atoms in total. The van der Waals surface area contributed by atoms with Gasteiger partial charge in [0.25, 0.3) is 0 Å². The lowest BCUT2D eigenvalue weighted by Gasteiger charge is -2.26. The Morgan fingerprint density at radius 2 is 2.10 bits per heavy atom. The molecule has 0 aliphatic heterocycles. The molecule has 0 bridgehead atoms. The minimum Gasteiger partial charge on any atom is -0.497 e. The van der Waals surface area contributed by atoms with Crippen molar-refractivity contribution in [1.82, 2.24) is 9.78 Å². The Kier molecular flexibility index (Phi) is 4.79. The summed E-state index contributed by atoms with van der Waals surface area (Å²) in [6, 6.07) is 4.70. The molecule has 0 unspecified atom stereocenters. The van der Waals surface area contributed by atoms with E-state index in [0.717, 1.165) is 29.8 Å². The molecule has 0 fully saturated rings. The second kappa shape index (κ2) is 6.40. The zero-order valence-electron chi connectivity index (χ0n) is 13.0. The van der Waals surface area contributed by atoms with Crippen molar-refractivity contribution in [1.29, 1.82) is 0 Å². The average Bonchev–Trinajstić information content (AvgIpc) is 2.84. The maximum Gasteiger partial charge on any atom is 0.152 e. The molecule has 0 radical (unpaired) electrons. The Labute approximate surface area is 125 Å². The molecule has 21 heavy (non-hydrogen) atoms. The molecule has 2 rings (SSSR count). The molecule has 0 saturated carbocycles. The van der Waals surface area contributed by atoms with Crippen LogP contribution in [-0.4, -0.2) is 37.9 Å². The summed E-state index contributed by atoms with van der Waals surface area (Å²) >= 11 is 0. The van der Waals surface area contributed by atoms with Crippen LogP contribution in [0.15, 0.2) is 18.3 Å². The van der Waals surface area contributed by atoms with Crippen molar-refractivity contribution in [3.63, 3.8) is 0 Å². The van der Waals surface area contributed by atoms with Crippen molar-refractivity contribution >= 4 is 25.3 Å². The van der Waals surface area contributed by atoms with Gasteiger partial charge in [0, 0.05) is 17.6 Å². The van der Waals surface area contributed by atoms with E-state index < -0.39 is 8.07 Å². The summed E-state index contributed by atoms with van der Waals surface area (Å²) in [5.74, 6) is 0.656. The number of hydrogen-bond donors (Lipinski definition) is 0. The minimum absolute atomic E-state index is 0.362. The van der Waals surface area contributed by atoms with Gasteiger partial charge < -0.3 is 9.47 Å². The monoisotopic (exact) mass is 306 g/mol. The Morgan fingerprint density at radius 1 is 1.33 bits per heavy atom. The van der Waals surface area contributed by atoms with Gasteiger partial charge in [-0.2, -0.15) is 24.7 Å². The van der Waals surface area contributed by atoms with Crippen LogP contribution in [0.25, 0.3) is 10.9 Å². The van der Waals surface area contributed by atoms with Crippen molar-refractivity contribution in [2.75, 3.05) is 13.7 Å². The normalized spacial score (nSPS) is 11.8. The Morgan fingerprint density at radius 3 is 2.71 bits per heavy atom. The van der Waals surface area contributed by atoms with Gasteiger partial charge in [0.05, 0.1) is 18.8 Å². The second-order valence-electron chi connectivity index (χ2n) is 6.26. The SMILES string of the molecule is COc1cc(C=O)c2c(cnn2COCC[Si-](C)(C)C)c1. The van der Waals surface area contributed by atoms with E-state index in [4.69, 9.17) is 9.47 Å². The van der Waals surface area contributed by atoms with E-state index in [1.807, 2.05) is 6.07 Å². The summed E-state index contributed by atoms with van der Waals surface area (Å²) < 4.78 is 12.6. The summed E-state index contributed by atoms with van der Waals surface area (Å²) in [4.78, 5) is 11.3. The summed E-state index contributed by atoms with van der Waals surface area (Å²) in [7, 11) is 0.492. The molecule has 0 aliphatic carbocycles. The highest BCUT2D eigenvalue weighted by molar-refractivity contribution is 6.76. The van der Waals surface area contributed by atoms with Crippen LogP contribution in [0.2, 0.25) is 25.7 Å². The molecule has 0 amide bonds. The molecule has 1 aromatic carbocycles. The Bertz CT molecular complexity index is 632. The topological polar surface area (TPSA) is 53.3 Å². The number of ether oxygens (including phenoxy) is 2. The van der Waals surface area contributed by atoms with Gasteiger partial charge in [0.2, 0.25) is 0 Å². The van der Waals surface area contributed by atoms with Crippen LogP contribution in [0.3, 0.4) is 0 Å². The summed E-state index contributed by atoms with van der Waals surface area (Å²) in [5, 5.41) is 5.18.